The van der Waals surface area contributed by atoms with E-state index in [4.69, 9.17) is 34.9 Å². The summed E-state index contributed by atoms with van der Waals surface area (Å²) in [7, 11) is 0. The number of pyridine rings is 5. The summed E-state index contributed by atoms with van der Waals surface area (Å²) in [5.41, 5.74) is 15.2. The van der Waals surface area contributed by atoms with E-state index in [0.29, 0.717) is 17.5 Å². The van der Waals surface area contributed by atoms with E-state index in [2.05, 4.69) is 206 Å². The third-order valence-electron chi connectivity index (χ3n) is 16.2. The molecule has 11 nitrogen and oxygen atoms in total. The Kier molecular flexibility index (Phi) is 10.0. The molecule has 10 aromatic heterocycles. The lowest BCUT2D eigenvalue weighted by atomic mass is 9.93. The number of para-hydroxylation sites is 4. The maximum Gasteiger partial charge on any atom is 0.165 e. The monoisotopic (exact) mass is 1050 g/mol. The van der Waals surface area contributed by atoms with E-state index >= 15 is 0 Å². The summed E-state index contributed by atoms with van der Waals surface area (Å²) in [5.74, 6) is 1.95. The molecular weight excluding hydrogens is 1010 g/mol. The number of nitrogens with zero attached hydrogens (tertiary/aromatic N) is 11. The van der Waals surface area contributed by atoms with Gasteiger partial charge in [0.2, 0.25) is 0 Å². The Morgan fingerprint density at radius 3 is 1.05 bits per heavy atom. The molecule has 0 N–H and O–H groups in total. The summed E-state index contributed by atoms with van der Waals surface area (Å²) in [6.07, 6.45) is 15.4. The molecule has 0 amide bonds. The summed E-state index contributed by atoms with van der Waals surface area (Å²) in [6.45, 7) is 0. The molecule has 0 radical (unpaired) electrons. The summed E-state index contributed by atoms with van der Waals surface area (Å²) in [6, 6.07) is 74.4. The van der Waals surface area contributed by atoms with Crippen molar-refractivity contribution in [2.45, 2.75) is 0 Å². The van der Waals surface area contributed by atoms with Crippen LogP contribution in [0.2, 0.25) is 0 Å². The molecule has 0 aliphatic carbocycles. The fourth-order valence-corrected chi connectivity index (χ4v) is 12.7. The maximum atomic E-state index is 6.36. The van der Waals surface area contributed by atoms with E-state index in [-0.39, 0.29) is 0 Å². The molecule has 0 aliphatic rings. The van der Waals surface area contributed by atoms with Crippen LogP contribution in [0, 0.1) is 0 Å². The van der Waals surface area contributed by atoms with Gasteiger partial charge in [-0.05, 0) is 60.2 Å². The zero-order chi connectivity index (χ0) is 53.8. The van der Waals surface area contributed by atoms with Crippen LogP contribution >= 0.6 is 0 Å². The first kappa shape index (κ1) is 45.6. The van der Waals surface area contributed by atoms with Crippen molar-refractivity contribution < 1.29 is 0 Å². The van der Waals surface area contributed by atoms with Crippen molar-refractivity contribution in [3.63, 3.8) is 0 Å². The first-order valence-corrected chi connectivity index (χ1v) is 27.3. The fraction of sp³-hybridized carbons (Fsp3) is 0. The van der Waals surface area contributed by atoms with Gasteiger partial charge in [0, 0.05) is 90.1 Å². The molecule has 0 unspecified atom stereocenters. The predicted octanol–water partition coefficient (Wildman–Crippen LogP) is 16.5. The van der Waals surface area contributed by atoms with Gasteiger partial charge in [0.1, 0.15) is 11.4 Å². The van der Waals surface area contributed by atoms with Crippen molar-refractivity contribution in [3.8, 4) is 68.0 Å². The van der Waals surface area contributed by atoms with Gasteiger partial charge in [-0.1, -0.05) is 158 Å². The smallest absolute Gasteiger partial charge is 0.165 e. The second-order valence-electron chi connectivity index (χ2n) is 20.6. The summed E-state index contributed by atoms with van der Waals surface area (Å²) >= 11 is 0. The van der Waals surface area contributed by atoms with Gasteiger partial charge in [0.25, 0.3) is 0 Å². The van der Waals surface area contributed by atoms with Crippen LogP contribution in [0.15, 0.2) is 262 Å². The van der Waals surface area contributed by atoms with Crippen molar-refractivity contribution in [1.29, 1.82) is 0 Å². The van der Waals surface area contributed by atoms with Crippen LogP contribution in [-0.2, 0) is 0 Å². The van der Waals surface area contributed by atoms with Gasteiger partial charge in [-0.15, -0.1) is 0 Å². The first-order chi connectivity index (χ1) is 40.7. The minimum Gasteiger partial charge on any atom is -0.304 e. The predicted molar refractivity (Wildman–Crippen MR) is 330 cm³/mol. The Hall–Kier alpha value is -11.4. The molecule has 0 saturated heterocycles. The Labute approximate surface area is 468 Å². The number of rotatable bonds is 8. The van der Waals surface area contributed by atoms with Gasteiger partial charge < -0.3 is 9.13 Å². The Bertz CT molecular complexity index is 4900. The van der Waals surface area contributed by atoms with E-state index in [0.717, 1.165) is 138 Å². The van der Waals surface area contributed by atoms with Gasteiger partial charge >= 0.3 is 0 Å². The second-order valence-corrected chi connectivity index (χ2v) is 20.6. The van der Waals surface area contributed by atoms with Crippen molar-refractivity contribution in [2.24, 2.45) is 0 Å². The Morgan fingerprint density at radius 1 is 0.256 bits per heavy atom. The van der Waals surface area contributed by atoms with E-state index in [1.165, 1.54) is 0 Å². The largest absolute Gasteiger partial charge is 0.304 e. The average molecular weight is 1050 g/mol. The normalized spacial score (nSPS) is 11.9. The molecule has 0 spiro atoms. The van der Waals surface area contributed by atoms with Crippen molar-refractivity contribution in [3.05, 3.63) is 262 Å². The number of benzene rings is 7. The highest BCUT2D eigenvalue weighted by atomic mass is 15.2. The molecule has 17 rings (SSSR count). The van der Waals surface area contributed by atoms with Crippen LogP contribution in [0.25, 0.3) is 155 Å². The number of aromatic nitrogens is 11. The first-order valence-electron chi connectivity index (χ1n) is 27.3. The van der Waals surface area contributed by atoms with E-state index in [9.17, 15) is 0 Å². The van der Waals surface area contributed by atoms with Crippen LogP contribution in [-0.4, -0.2) is 53.2 Å². The Morgan fingerprint density at radius 2 is 0.598 bits per heavy atom. The van der Waals surface area contributed by atoms with E-state index in [1.807, 2.05) is 73.8 Å². The molecule has 82 heavy (non-hydrogen) atoms. The molecule has 0 saturated carbocycles. The molecule has 0 atom stereocenters. The lowest BCUT2D eigenvalue weighted by Crippen LogP contribution is -2.16. The molecule has 382 valence electrons. The van der Waals surface area contributed by atoms with Crippen LogP contribution in [0.3, 0.4) is 0 Å². The molecule has 10 heterocycles. The third kappa shape index (κ3) is 6.74. The lowest BCUT2D eigenvalue weighted by molar-refractivity contribution is 0.958. The minimum atomic E-state index is 0.612. The van der Waals surface area contributed by atoms with Crippen LogP contribution in [0.1, 0.15) is 0 Å². The molecule has 0 bridgehead atoms. The van der Waals surface area contributed by atoms with Gasteiger partial charge in [0.15, 0.2) is 17.5 Å². The number of hydrogen-bond donors (Lipinski definition) is 0. The topological polar surface area (TPSA) is 110 Å². The summed E-state index contributed by atoms with van der Waals surface area (Å²) in [5, 5.41) is 8.49. The van der Waals surface area contributed by atoms with E-state index in [1.54, 1.807) is 0 Å². The lowest BCUT2D eigenvalue weighted by Gasteiger charge is -2.27. The van der Waals surface area contributed by atoms with Crippen LogP contribution < -0.4 is 0 Å². The highest BCUT2D eigenvalue weighted by molar-refractivity contribution is 6.16. The number of fused-ring (bicyclic) bond motifs is 12. The van der Waals surface area contributed by atoms with Crippen LogP contribution in [0.5, 0.6) is 0 Å². The van der Waals surface area contributed by atoms with Crippen LogP contribution in [0.4, 0.5) is 0 Å². The average Bonchev–Trinajstić information content (AvgIpc) is 1.84. The maximum absolute atomic E-state index is 6.36. The van der Waals surface area contributed by atoms with Crippen molar-refractivity contribution in [2.75, 3.05) is 0 Å². The molecule has 0 aliphatic heterocycles. The second kappa shape index (κ2) is 18.1. The van der Waals surface area contributed by atoms with Gasteiger partial charge in [-0.3, -0.25) is 29.1 Å². The Balaban J connectivity index is 1.17. The van der Waals surface area contributed by atoms with Gasteiger partial charge in [0.05, 0.1) is 80.3 Å². The highest BCUT2D eigenvalue weighted by Crippen LogP contribution is 2.50. The quantitative estimate of drug-likeness (QED) is 0.149. The van der Waals surface area contributed by atoms with Gasteiger partial charge in [-0.2, -0.15) is 0 Å². The highest BCUT2D eigenvalue weighted by Gasteiger charge is 2.34. The van der Waals surface area contributed by atoms with Crippen molar-refractivity contribution in [1.82, 2.24) is 53.2 Å². The standard InChI is InChI=1S/C71H43N11/c1-3-17-44(18-4-1)56-39-57(77-69(76-56)45-19-5-2-6-20-45)46-21-7-8-26-55(46)66-67(79-58-27-13-9-22-47(58)51-31-35-72-40-62(51)79)70(81-60-29-15-11-24-49(60)53-33-37-74-42-64(53)81)78-71(82-61-30-16-12-25-50(61)54-34-38-75-43-65(54)82)68(66)80-59-28-14-10-23-48(59)52-32-36-73-41-63(52)80/h1-43H. The van der Waals surface area contributed by atoms with E-state index < -0.39 is 0 Å². The molecule has 17 aromatic rings. The zero-order valence-corrected chi connectivity index (χ0v) is 43.7. The third-order valence-corrected chi connectivity index (χ3v) is 16.2. The fourth-order valence-electron chi connectivity index (χ4n) is 12.7. The minimum absolute atomic E-state index is 0.612. The zero-order valence-electron chi connectivity index (χ0n) is 43.7. The molecule has 0 fully saturated rings. The van der Waals surface area contributed by atoms with Gasteiger partial charge in [-0.25, -0.2) is 15.0 Å². The SMILES string of the molecule is c1ccc(-c2cc(-c3ccccc3-c3c(-n4c5ccccc5c5ccncc54)c(-n4c5ccccc5c5ccncc54)nc(-n4c5ccccc5c5ccncc54)c3-n3c4ccccc4c4ccncc43)nc(-c3ccccc3)n2)cc1. The molecule has 11 heteroatoms. The summed E-state index contributed by atoms with van der Waals surface area (Å²) in [4.78, 5) is 36.8. The molecular formula is C71H43N11. The molecule has 7 aromatic carbocycles. The summed E-state index contributed by atoms with van der Waals surface area (Å²) < 4.78 is 9.41. The number of hydrogen-bond acceptors (Lipinski definition) is 7. The van der Waals surface area contributed by atoms with Crippen molar-refractivity contribution >= 4 is 87.2 Å².